The summed E-state index contributed by atoms with van der Waals surface area (Å²) < 4.78 is 3.88. The third-order valence-electron chi connectivity index (χ3n) is 5.31. The van der Waals surface area contributed by atoms with Crippen LogP contribution in [0.2, 0.25) is 0 Å². The Kier molecular flexibility index (Phi) is 5.48. The first kappa shape index (κ1) is 19.7. The van der Waals surface area contributed by atoms with Gasteiger partial charge in [0.25, 0.3) is 0 Å². The minimum Gasteiger partial charge on any atom is -0.333 e. The average molecular weight is 450 g/mol. The molecule has 0 aliphatic heterocycles. The molecule has 4 aromatic rings. The van der Waals surface area contributed by atoms with Gasteiger partial charge in [-0.2, -0.15) is 0 Å². The smallest absolute Gasteiger partial charge is 0.223 e. The van der Waals surface area contributed by atoms with Crippen LogP contribution in [0.5, 0.6) is 5.75 Å². The molecule has 0 bridgehead atoms. The van der Waals surface area contributed by atoms with E-state index >= 15 is 0 Å². The summed E-state index contributed by atoms with van der Waals surface area (Å²) in [5.74, 6) is 0.926. The fraction of sp³-hybridized carbons (Fsp3) is 0.200. The maximum Gasteiger partial charge on any atom is 0.223 e. The molecule has 0 amide bonds. The van der Waals surface area contributed by atoms with Crippen LogP contribution in [0, 0.1) is 0 Å². The molecule has 0 saturated heterocycles. The van der Waals surface area contributed by atoms with E-state index in [0.717, 1.165) is 40.0 Å². The van der Waals surface area contributed by atoms with E-state index in [1.54, 1.807) is 0 Å². The quantitative estimate of drug-likeness (QED) is 0.241. The lowest BCUT2D eigenvalue weighted by molar-refractivity contribution is -1.05. The lowest BCUT2D eigenvalue weighted by Crippen LogP contribution is -2.42. The van der Waals surface area contributed by atoms with Gasteiger partial charge in [0.1, 0.15) is 20.6 Å². The Bertz CT molecular complexity index is 1120. The van der Waals surface area contributed by atoms with Crippen molar-refractivity contribution in [3.8, 4) is 17.0 Å². The summed E-state index contributed by atoms with van der Waals surface area (Å²) in [5, 5.41) is 1.12. The number of quaternary nitrogens is 1. The molecule has 148 valence electrons. The van der Waals surface area contributed by atoms with E-state index in [2.05, 4.69) is 120 Å². The SMILES string of the molecule is CC[N+](C)(C)Oc1c(-c2ccccc2)n(Cc2ccccc2)c2ccc(Br)cc12. The van der Waals surface area contributed by atoms with E-state index in [9.17, 15) is 0 Å². The highest BCUT2D eigenvalue weighted by Crippen LogP contribution is 2.42. The zero-order chi connectivity index (χ0) is 20.4. The van der Waals surface area contributed by atoms with Gasteiger partial charge < -0.3 is 9.40 Å². The summed E-state index contributed by atoms with van der Waals surface area (Å²) in [6.07, 6.45) is 0. The molecule has 0 fully saturated rings. The standard InChI is InChI=1S/C25H26BrN2O/c1-4-28(2,3)29-25-22-17-21(26)15-16-23(22)27(18-19-11-7-5-8-12-19)24(25)20-13-9-6-10-14-20/h5-17H,4,18H2,1-3H3/q+1. The van der Waals surface area contributed by atoms with Crippen molar-refractivity contribution in [2.75, 3.05) is 20.6 Å². The molecule has 0 spiro atoms. The Morgan fingerprint density at radius 1 is 0.897 bits per heavy atom. The van der Waals surface area contributed by atoms with Crippen LogP contribution in [-0.2, 0) is 6.54 Å². The van der Waals surface area contributed by atoms with Gasteiger partial charge >= 0.3 is 0 Å². The number of aromatic nitrogens is 1. The molecule has 4 heteroatoms. The monoisotopic (exact) mass is 449 g/mol. The van der Waals surface area contributed by atoms with E-state index in [0.29, 0.717) is 4.65 Å². The molecular weight excluding hydrogens is 424 g/mol. The zero-order valence-corrected chi connectivity index (χ0v) is 18.7. The Morgan fingerprint density at radius 3 is 2.21 bits per heavy atom. The number of hydrogen-bond acceptors (Lipinski definition) is 1. The Labute approximate surface area is 180 Å². The van der Waals surface area contributed by atoms with Gasteiger partial charge in [-0.25, -0.2) is 0 Å². The van der Waals surface area contributed by atoms with Gasteiger partial charge in [0.2, 0.25) is 5.75 Å². The predicted octanol–water partition coefficient (Wildman–Crippen LogP) is 6.51. The maximum absolute atomic E-state index is 6.62. The second kappa shape index (κ2) is 8.05. The number of nitrogens with zero attached hydrogens (tertiary/aromatic N) is 2. The van der Waals surface area contributed by atoms with Gasteiger partial charge in [-0.05, 0) is 30.7 Å². The van der Waals surface area contributed by atoms with Crippen LogP contribution in [0.3, 0.4) is 0 Å². The van der Waals surface area contributed by atoms with Gasteiger partial charge in [-0.3, -0.25) is 0 Å². The summed E-state index contributed by atoms with van der Waals surface area (Å²) in [6, 6.07) is 27.6. The predicted molar refractivity (Wildman–Crippen MR) is 124 cm³/mol. The third kappa shape index (κ3) is 4.09. The number of benzene rings is 3. The second-order valence-corrected chi connectivity index (χ2v) is 8.67. The first-order chi connectivity index (χ1) is 14.0. The van der Waals surface area contributed by atoms with Crippen molar-refractivity contribution in [1.29, 1.82) is 0 Å². The Hall–Kier alpha value is -2.56. The van der Waals surface area contributed by atoms with Crippen LogP contribution in [0.25, 0.3) is 22.2 Å². The molecule has 1 heterocycles. The molecule has 0 saturated carbocycles. The summed E-state index contributed by atoms with van der Waals surface area (Å²) in [4.78, 5) is 6.62. The van der Waals surface area contributed by atoms with E-state index in [1.165, 1.54) is 11.1 Å². The van der Waals surface area contributed by atoms with Crippen molar-refractivity contribution in [1.82, 2.24) is 4.57 Å². The van der Waals surface area contributed by atoms with Crippen LogP contribution in [0.1, 0.15) is 12.5 Å². The zero-order valence-electron chi connectivity index (χ0n) is 17.1. The number of rotatable bonds is 6. The summed E-state index contributed by atoms with van der Waals surface area (Å²) in [7, 11) is 4.18. The van der Waals surface area contributed by atoms with Gasteiger partial charge in [0, 0.05) is 16.6 Å². The van der Waals surface area contributed by atoms with Gasteiger partial charge in [0.15, 0.2) is 0 Å². The molecule has 3 nitrogen and oxygen atoms in total. The minimum atomic E-state index is 0.455. The number of hydroxylamine groups is 3. The topological polar surface area (TPSA) is 14.2 Å². The summed E-state index contributed by atoms with van der Waals surface area (Å²) in [5.41, 5.74) is 4.70. The molecular formula is C25H26BrN2O+. The van der Waals surface area contributed by atoms with Gasteiger partial charge in [-0.1, -0.05) is 76.6 Å². The van der Waals surface area contributed by atoms with Crippen LogP contribution in [0.15, 0.2) is 83.3 Å². The van der Waals surface area contributed by atoms with Crippen LogP contribution in [-0.4, -0.2) is 29.9 Å². The van der Waals surface area contributed by atoms with Crippen molar-refractivity contribution >= 4 is 26.8 Å². The van der Waals surface area contributed by atoms with Crippen LogP contribution in [0.4, 0.5) is 0 Å². The molecule has 0 aliphatic carbocycles. The highest BCUT2D eigenvalue weighted by Gasteiger charge is 2.26. The van der Waals surface area contributed by atoms with Crippen LogP contribution < -0.4 is 4.84 Å². The molecule has 0 radical (unpaired) electrons. The number of halogens is 1. The van der Waals surface area contributed by atoms with Gasteiger partial charge in [0.05, 0.1) is 16.6 Å². The fourth-order valence-electron chi connectivity index (χ4n) is 3.51. The molecule has 3 aromatic carbocycles. The molecule has 1 aromatic heterocycles. The lowest BCUT2D eigenvalue weighted by Gasteiger charge is -2.26. The van der Waals surface area contributed by atoms with Crippen LogP contribution >= 0.6 is 15.9 Å². The summed E-state index contributed by atoms with van der Waals surface area (Å²) in [6.45, 7) is 3.79. The number of fused-ring (bicyclic) bond motifs is 1. The van der Waals surface area contributed by atoms with Gasteiger partial charge in [-0.15, -0.1) is 4.65 Å². The first-order valence-corrected chi connectivity index (χ1v) is 10.7. The molecule has 0 N–H and O–H groups in total. The normalized spacial score (nSPS) is 11.7. The lowest BCUT2D eigenvalue weighted by atomic mass is 10.1. The van der Waals surface area contributed by atoms with E-state index in [1.807, 2.05) is 0 Å². The number of hydrogen-bond donors (Lipinski definition) is 0. The van der Waals surface area contributed by atoms with Crippen molar-refractivity contribution in [3.63, 3.8) is 0 Å². The van der Waals surface area contributed by atoms with E-state index in [-0.39, 0.29) is 0 Å². The largest absolute Gasteiger partial charge is 0.333 e. The maximum atomic E-state index is 6.62. The molecule has 0 atom stereocenters. The third-order valence-corrected chi connectivity index (χ3v) is 5.80. The Morgan fingerprint density at radius 2 is 1.55 bits per heavy atom. The van der Waals surface area contributed by atoms with Crippen molar-refractivity contribution < 1.29 is 9.48 Å². The minimum absolute atomic E-state index is 0.455. The van der Waals surface area contributed by atoms with Crippen molar-refractivity contribution in [2.45, 2.75) is 13.5 Å². The van der Waals surface area contributed by atoms with Crippen molar-refractivity contribution in [2.24, 2.45) is 0 Å². The van der Waals surface area contributed by atoms with E-state index < -0.39 is 0 Å². The first-order valence-electron chi connectivity index (χ1n) is 9.92. The Balaban J connectivity index is 2.01. The molecule has 0 aliphatic rings. The molecule has 0 unspecified atom stereocenters. The highest BCUT2D eigenvalue weighted by atomic mass is 79.9. The molecule has 29 heavy (non-hydrogen) atoms. The molecule has 4 rings (SSSR count). The van der Waals surface area contributed by atoms with E-state index in [4.69, 9.17) is 4.84 Å². The summed E-state index contributed by atoms with van der Waals surface area (Å²) >= 11 is 3.65. The fourth-order valence-corrected chi connectivity index (χ4v) is 3.87. The highest BCUT2D eigenvalue weighted by molar-refractivity contribution is 9.10. The average Bonchev–Trinajstić information content (AvgIpc) is 3.01. The second-order valence-electron chi connectivity index (χ2n) is 7.76. The van der Waals surface area contributed by atoms with Crippen molar-refractivity contribution in [3.05, 3.63) is 88.9 Å².